The standard InChI is InChI=1S/C11H10F3NO/c1-2-5-10(16)15-9-7-4-3-6-8(9)11(12,13)14/h2-4,6-7H,1,5H2,(H,15,16). The van der Waals surface area contributed by atoms with Crippen LogP contribution < -0.4 is 5.32 Å². The van der Waals surface area contributed by atoms with E-state index in [1.54, 1.807) is 0 Å². The monoisotopic (exact) mass is 229 g/mol. The molecule has 1 rings (SSSR count). The fraction of sp³-hybridized carbons (Fsp3) is 0.182. The first-order chi connectivity index (χ1) is 7.45. The summed E-state index contributed by atoms with van der Waals surface area (Å²) in [6.45, 7) is 3.33. The molecular weight excluding hydrogens is 219 g/mol. The number of hydrogen-bond donors (Lipinski definition) is 1. The van der Waals surface area contributed by atoms with Crippen molar-refractivity contribution in [1.82, 2.24) is 0 Å². The molecule has 1 aromatic rings. The van der Waals surface area contributed by atoms with E-state index in [0.29, 0.717) is 0 Å². The van der Waals surface area contributed by atoms with E-state index in [-0.39, 0.29) is 12.1 Å². The van der Waals surface area contributed by atoms with Crippen LogP contribution >= 0.6 is 0 Å². The minimum Gasteiger partial charge on any atom is -0.325 e. The molecule has 1 N–H and O–H groups in total. The molecule has 16 heavy (non-hydrogen) atoms. The molecule has 0 heterocycles. The van der Waals surface area contributed by atoms with Crippen LogP contribution in [0.15, 0.2) is 36.9 Å². The number of amides is 1. The van der Waals surface area contributed by atoms with E-state index < -0.39 is 17.6 Å². The number of anilines is 1. The molecule has 1 aromatic carbocycles. The normalized spacial score (nSPS) is 10.9. The number of halogens is 3. The molecule has 0 saturated carbocycles. The molecule has 5 heteroatoms. The maximum absolute atomic E-state index is 12.5. The van der Waals surface area contributed by atoms with Crippen LogP contribution in [0.4, 0.5) is 18.9 Å². The molecule has 0 aliphatic heterocycles. The third-order valence-electron chi connectivity index (χ3n) is 1.84. The number of alkyl halides is 3. The Morgan fingerprint density at radius 2 is 2.00 bits per heavy atom. The summed E-state index contributed by atoms with van der Waals surface area (Å²) in [6, 6.07) is 4.83. The van der Waals surface area contributed by atoms with Crippen molar-refractivity contribution in [3.8, 4) is 0 Å². The van der Waals surface area contributed by atoms with E-state index >= 15 is 0 Å². The van der Waals surface area contributed by atoms with E-state index in [1.165, 1.54) is 24.3 Å². The second-order valence-corrected chi connectivity index (χ2v) is 3.08. The molecular formula is C11H10F3NO. The number of carbonyl (C=O) groups is 1. The van der Waals surface area contributed by atoms with Crippen LogP contribution in [-0.4, -0.2) is 5.91 Å². The van der Waals surface area contributed by atoms with Gasteiger partial charge in [0.15, 0.2) is 0 Å². The van der Waals surface area contributed by atoms with Gasteiger partial charge in [0.2, 0.25) is 5.91 Å². The van der Waals surface area contributed by atoms with Crippen LogP contribution in [-0.2, 0) is 11.0 Å². The average Bonchev–Trinajstić information content (AvgIpc) is 2.17. The second-order valence-electron chi connectivity index (χ2n) is 3.08. The Morgan fingerprint density at radius 1 is 1.38 bits per heavy atom. The van der Waals surface area contributed by atoms with Gasteiger partial charge in [0.1, 0.15) is 0 Å². The average molecular weight is 229 g/mol. The van der Waals surface area contributed by atoms with Crippen molar-refractivity contribution in [2.24, 2.45) is 0 Å². The lowest BCUT2D eigenvalue weighted by Gasteiger charge is -2.12. The fourth-order valence-electron chi connectivity index (χ4n) is 1.17. The Labute approximate surface area is 90.8 Å². The van der Waals surface area contributed by atoms with Gasteiger partial charge in [0.25, 0.3) is 0 Å². The van der Waals surface area contributed by atoms with Crippen molar-refractivity contribution in [3.63, 3.8) is 0 Å². The Kier molecular flexibility index (Phi) is 3.71. The molecule has 1 amide bonds. The number of nitrogens with one attached hydrogen (secondary N) is 1. The van der Waals surface area contributed by atoms with Gasteiger partial charge in [0, 0.05) is 6.42 Å². The molecule has 0 bridgehead atoms. The van der Waals surface area contributed by atoms with Crippen molar-refractivity contribution in [3.05, 3.63) is 42.5 Å². The summed E-state index contributed by atoms with van der Waals surface area (Å²) in [5.74, 6) is -0.522. The number of rotatable bonds is 3. The van der Waals surface area contributed by atoms with Gasteiger partial charge in [-0.25, -0.2) is 0 Å². The topological polar surface area (TPSA) is 29.1 Å². The first kappa shape index (κ1) is 12.3. The van der Waals surface area contributed by atoms with Gasteiger partial charge in [-0.05, 0) is 12.1 Å². The first-order valence-corrected chi connectivity index (χ1v) is 4.52. The Balaban J connectivity index is 2.96. The van der Waals surface area contributed by atoms with Gasteiger partial charge in [-0.2, -0.15) is 13.2 Å². The first-order valence-electron chi connectivity index (χ1n) is 4.52. The van der Waals surface area contributed by atoms with Crippen LogP contribution in [0.1, 0.15) is 12.0 Å². The highest BCUT2D eigenvalue weighted by Gasteiger charge is 2.33. The summed E-state index contributed by atoms with van der Waals surface area (Å²) in [4.78, 5) is 11.1. The molecule has 0 unspecified atom stereocenters. The molecule has 0 spiro atoms. The maximum atomic E-state index is 12.5. The summed E-state index contributed by atoms with van der Waals surface area (Å²) in [7, 11) is 0. The summed E-state index contributed by atoms with van der Waals surface area (Å²) in [5.41, 5.74) is -1.09. The molecule has 0 aromatic heterocycles. The van der Waals surface area contributed by atoms with Gasteiger partial charge in [-0.15, -0.1) is 6.58 Å². The second kappa shape index (κ2) is 4.83. The zero-order chi connectivity index (χ0) is 12.2. The van der Waals surface area contributed by atoms with Crippen LogP contribution in [0.5, 0.6) is 0 Å². The van der Waals surface area contributed by atoms with E-state index in [9.17, 15) is 18.0 Å². The van der Waals surface area contributed by atoms with Crippen molar-refractivity contribution < 1.29 is 18.0 Å². The molecule has 86 valence electrons. The van der Waals surface area contributed by atoms with Gasteiger partial charge < -0.3 is 5.32 Å². The van der Waals surface area contributed by atoms with E-state index in [2.05, 4.69) is 11.9 Å². The lowest BCUT2D eigenvalue weighted by atomic mass is 10.1. The maximum Gasteiger partial charge on any atom is 0.418 e. The van der Waals surface area contributed by atoms with Gasteiger partial charge >= 0.3 is 6.18 Å². The minimum atomic E-state index is -4.47. The SMILES string of the molecule is C=CCC(=O)Nc1ccccc1C(F)(F)F. The van der Waals surface area contributed by atoms with E-state index in [4.69, 9.17) is 0 Å². The highest BCUT2D eigenvalue weighted by Crippen LogP contribution is 2.34. The Morgan fingerprint density at radius 3 is 2.56 bits per heavy atom. The Bertz CT molecular complexity index is 398. The van der Waals surface area contributed by atoms with Crippen LogP contribution in [0, 0.1) is 0 Å². The number of carbonyl (C=O) groups excluding carboxylic acids is 1. The predicted octanol–water partition coefficient (Wildman–Crippen LogP) is 3.22. The summed E-state index contributed by atoms with van der Waals surface area (Å²) < 4.78 is 37.5. The van der Waals surface area contributed by atoms with Crippen molar-refractivity contribution >= 4 is 11.6 Å². The molecule has 2 nitrogen and oxygen atoms in total. The Hall–Kier alpha value is -1.78. The summed E-state index contributed by atoms with van der Waals surface area (Å²) in [5, 5.41) is 2.19. The zero-order valence-electron chi connectivity index (χ0n) is 8.34. The number of hydrogen-bond acceptors (Lipinski definition) is 1. The third-order valence-corrected chi connectivity index (χ3v) is 1.84. The number of benzene rings is 1. The molecule has 0 saturated heterocycles. The van der Waals surface area contributed by atoms with E-state index in [0.717, 1.165) is 6.07 Å². The lowest BCUT2D eigenvalue weighted by molar-refractivity contribution is -0.137. The predicted molar refractivity (Wildman–Crippen MR) is 54.9 cm³/mol. The molecule has 0 fully saturated rings. The van der Waals surface area contributed by atoms with Crippen LogP contribution in [0.3, 0.4) is 0 Å². The fourth-order valence-corrected chi connectivity index (χ4v) is 1.17. The largest absolute Gasteiger partial charge is 0.418 e. The van der Waals surface area contributed by atoms with E-state index in [1.807, 2.05) is 0 Å². The van der Waals surface area contributed by atoms with Crippen molar-refractivity contribution in [1.29, 1.82) is 0 Å². The van der Waals surface area contributed by atoms with Gasteiger partial charge in [-0.3, -0.25) is 4.79 Å². The number of para-hydroxylation sites is 1. The smallest absolute Gasteiger partial charge is 0.325 e. The summed E-state index contributed by atoms with van der Waals surface area (Å²) >= 11 is 0. The lowest BCUT2D eigenvalue weighted by Crippen LogP contribution is -2.15. The molecule has 0 atom stereocenters. The minimum absolute atomic E-state index is 0.0216. The van der Waals surface area contributed by atoms with Gasteiger partial charge in [-0.1, -0.05) is 18.2 Å². The van der Waals surface area contributed by atoms with Crippen LogP contribution in [0.2, 0.25) is 0 Å². The summed E-state index contributed by atoms with van der Waals surface area (Å²) in [6.07, 6.45) is -3.17. The van der Waals surface area contributed by atoms with Crippen molar-refractivity contribution in [2.45, 2.75) is 12.6 Å². The molecule has 0 radical (unpaired) electrons. The highest BCUT2D eigenvalue weighted by molar-refractivity contribution is 5.92. The van der Waals surface area contributed by atoms with Crippen LogP contribution in [0.25, 0.3) is 0 Å². The van der Waals surface area contributed by atoms with Gasteiger partial charge in [0.05, 0.1) is 11.3 Å². The molecule has 0 aliphatic rings. The van der Waals surface area contributed by atoms with Crippen molar-refractivity contribution in [2.75, 3.05) is 5.32 Å². The highest BCUT2D eigenvalue weighted by atomic mass is 19.4. The third kappa shape index (κ3) is 3.12. The quantitative estimate of drug-likeness (QED) is 0.792. The molecule has 0 aliphatic carbocycles. The zero-order valence-corrected chi connectivity index (χ0v) is 8.34.